The smallest absolute Gasteiger partial charge is 0.257 e. The van der Waals surface area contributed by atoms with Crippen LogP contribution < -0.4 is 20.1 Å². The molecule has 3 aromatic rings. The molecule has 0 amide bonds. The number of nitrogens with one attached hydrogen (secondary N) is 2. The van der Waals surface area contributed by atoms with Gasteiger partial charge in [-0.25, -0.2) is 13.8 Å². The Morgan fingerprint density at radius 3 is 2.31 bits per heavy atom. The Balaban J connectivity index is 1.57. The molecule has 1 aromatic heterocycles. The second-order valence-corrected chi connectivity index (χ2v) is 9.50. The summed E-state index contributed by atoms with van der Waals surface area (Å²) in [6.07, 6.45) is 2.79. The van der Waals surface area contributed by atoms with Gasteiger partial charge >= 0.3 is 0 Å². The molecule has 2 heterocycles. The molecule has 0 spiro atoms. The first-order valence-electron chi connectivity index (χ1n) is 11.4. The first kappa shape index (κ1) is 26.2. The number of fused-ring (bicyclic) bond motifs is 1. The minimum Gasteiger partial charge on any atom is -0.495 e. The number of hydrogen-bond donors (Lipinski definition) is 2. The van der Waals surface area contributed by atoms with Gasteiger partial charge in [0, 0.05) is 25.0 Å². The number of halogens is 4. The molecule has 192 valence electrons. The van der Waals surface area contributed by atoms with Gasteiger partial charge in [-0.3, -0.25) is 4.90 Å². The fourth-order valence-corrected chi connectivity index (χ4v) is 4.47. The number of hydrogen-bond acceptors (Lipinski definition) is 7. The molecule has 2 N–H and O–H groups in total. The maximum atomic E-state index is 13.5. The first-order valence-corrected chi connectivity index (χ1v) is 12.1. The van der Waals surface area contributed by atoms with Gasteiger partial charge in [0.05, 0.1) is 38.3 Å². The van der Waals surface area contributed by atoms with E-state index in [0.717, 1.165) is 18.1 Å². The van der Waals surface area contributed by atoms with Crippen molar-refractivity contribution in [2.75, 3.05) is 44.5 Å². The molecular formula is C25H27Cl2F2N5O2. The molecule has 7 nitrogen and oxygen atoms in total. The largest absolute Gasteiger partial charge is 0.495 e. The molecule has 0 bridgehead atoms. The molecule has 0 atom stereocenters. The summed E-state index contributed by atoms with van der Waals surface area (Å²) in [7, 11) is 3.13. The molecule has 4 rings (SSSR count). The Hall–Kier alpha value is -2.88. The van der Waals surface area contributed by atoms with Gasteiger partial charge in [0.25, 0.3) is 5.92 Å². The second kappa shape index (κ2) is 11.0. The van der Waals surface area contributed by atoms with Crippen LogP contribution in [0.3, 0.4) is 0 Å². The van der Waals surface area contributed by atoms with Gasteiger partial charge in [-0.2, -0.15) is 4.98 Å². The predicted molar refractivity (Wildman–Crippen MR) is 139 cm³/mol. The van der Waals surface area contributed by atoms with Gasteiger partial charge in [0.2, 0.25) is 5.95 Å². The van der Waals surface area contributed by atoms with Gasteiger partial charge in [0.15, 0.2) is 5.82 Å². The lowest BCUT2D eigenvalue weighted by Gasteiger charge is -2.23. The Kier molecular flexibility index (Phi) is 8.02. The highest BCUT2D eigenvalue weighted by molar-refractivity contribution is 6.33. The van der Waals surface area contributed by atoms with Crippen molar-refractivity contribution in [1.82, 2.24) is 14.9 Å². The number of aromatic nitrogens is 2. The van der Waals surface area contributed by atoms with Crippen LogP contribution in [0, 0.1) is 0 Å². The van der Waals surface area contributed by atoms with Crippen LogP contribution >= 0.6 is 23.2 Å². The van der Waals surface area contributed by atoms with Crippen LogP contribution in [0.15, 0.2) is 36.5 Å². The Morgan fingerprint density at radius 1 is 0.972 bits per heavy atom. The highest BCUT2D eigenvalue weighted by Crippen LogP contribution is 2.35. The summed E-state index contributed by atoms with van der Waals surface area (Å²) in [5, 5.41) is 7.17. The van der Waals surface area contributed by atoms with E-state index in [1.807, 2.05) is 12.1 Å². The molecule has 2 aromatic carbocycles. The van der Waals surface area contributed by atoms with Crippen molar-refractivity contribution in [3.63, 3.8) is 0 Å². The standard InChI is InChI=1S/C25H27Cl2F2N5O2/c1-25(28,29)14-34-8-6-15-10-19(22(36-3)11-16(15)7-9-34)32-24-30-13-18(27)23(33-24)31-20-12-17(26)4-5-21(20)35-2/h4-5,10-13H,6-9,14H2,1-3H3,(H2,30,31,32,33). The molecule has 1 aliphatic heterocycles. The summed E-state index contributed by atoms with van der Waals surface area (Å²) in [6.45, 7) is 1.81. The average molecular weight is 538 g/mol. The molecule has 0 fully saturated rings. The first-order chi connectivity index (χ1) is 17.1. The van der Waals surface area contributed by atoms with Crippen molar-refractivity contribution >= 4 is 46.3 Å². The molecule has 36 heavy (non-hydrogen) atoms. The Bertz CT molecular complexity index is 1240. The highest BCUT2D eigenvalue weighted by Gasteiger charge is 2.27. The average Bonchev–Trinajstić information content (AvgIpc) is 3.01. The van der Waals surface area contributed by atoms with Crippen LogP contribution in [0.2, 0.25) is 10.0 Å². The predicted octanol–water partition coefficient (Wildman–Crippen LogP) is 6.34. The number of ether oxygens (including phenoxy) is 2. The second-order valence-electron chi connectivity index (χ2n) is 8.65. The Morgan fingerprint density at radius 2 is 1.64 bits per heavy atom. The van der Waals surface area contributed by atoms with Gasteiger partial charge in [0.1, 0.15) is 16.5 Å². The van der Waals surface area contributed by atoms with E-state index in [4.69, 9.17) is 32.7 Å². The van der Waals surface area contributed by atoms with E-state index < -0.39 is 5.92 Å². The molecule has 11 heteroatoms. The maximum absolute atomic E-state index is 13.5. The van der Waals surface area contributed by atoms with E-state index >= 15 is 0 Å². The number of benzene rings is 2. The Labute approximate surface area is 218 Å². The lowest BCUT2D eigenvalue weighted by atomic mass is 10.0. The topological polar surface area (TPSA) is 71.5 Å². The zero-order valence-electron chi connectivity index (χ0n) is 20.2. The van der Waals surface area contributed by atoms with Crippen LogP contribution in [0.4, 0.5) is 31.9 Å². The van der Waals surface area contributed by atoms with Crippen molar-refractivity contribution in [2.45, 2.75) is 25.7 Å². The molecule has 1 aliphatic rings. The van der Waals surface area contributed by atoms with Crippen molar-refractivity contribution in [2.24, 2.45) is 0 Å². The summed E-state index contributed by atoms with van der Waals surface area (Å²) < 4.78 is 38.1. The molecule has 0 unspecified atom stereocenters. The van der Waals surface area contributed by atoms with Gasteiger partial charge in [-0.05, 0) is 54.3 Å². The quantitative estimate of drug-likeness (QED) is 0.347. The van der Waals surface area contributed by atoms with E-state index in [9.17, 15) is 8.78 Å². The monoisotopic (exact) mass is 537 g/mol. The van der Waals surface area contributed by atoms with E-state index in [2.05, 4.69) is 20.6 Å². The molecule has 0 radical (unpaired) electrons. The summed E-state index contributed by atoms with van der Waals surface area (Å²) in [5.74, 6) is -0.895. The van der Waals surface area contributed by atoms with Crippen molar-refractivity contribution in [3.05, 3.63) is 57.7 Å². The number of alkyl halides is 2. The van der Waals surface area contributed by atoms with Crippen molar-refractivity contribution < 1.29 is 18.3 Å². The molecule has 0 aliphatic carbocycles. The van der Waals surface area contributed by atoms with Crippen molar-refractivity contribution in [1.29, 1.82) is 0 Å². The zero-order chi connectivity index (χ0) is 25.9. The minimum absolute atomic E-state index is 0.255. The van der Waals surface area contributed by atoms with Crippen molar-refractivity contribution in [3.8, 4) is 11.5 Å². The molecule has 0 saturated heterocycles. The third-order valence-electron chi connectivity index (χ3n) is 5.82. The van der Waals surface area contributed by atoms with Gasteiger partial charge in [-0.15, -0.1) is 0 Å². The summed E-state index contributed by atoms with van der Waals surface area (Å²) in [4.78, 5) is 10.6. The van der Waals surface area contributed by atoms with E-state index in [-0.39, 0.29) is 6.54 Å². The lowest BCUT2D eigenvalue weighted by Crippen LogP contribution is -2.36. The highest BCUT2D eigenvalue weighted by atomic mass is 35.5. The van der Waals surface area contributed by atoms with Crippen LogP contribution in [0.5, 0.6) is 11.5 Å². The van der Waals surface area contributed by atoms with Gasteiger partial charge < -0.3 is 20.1 Å². The minimum atomic E-state index is -2.73. The SMILES string of the molecule is COc1cc2c(cc1Nc1ncc(Cl)c(Nc3cc(Cl)ccc3OC)n1)CCN(CC(C)(F)F)CC2. The van der Waals surface area contributed by atoms with E-state index in [0.29, 0.717) is 70.6 Å². The van der Waals surface area contributed by atoms with Crippen LogP contribution in [-0.4, -0.2) is 54.6 Å². The van der Waals surface area contributed by atoms with Crippen LogP contribution in [0.1, 0.15) is 18.1 Å². The molecule has 0 saturated carbocycles. The third-order valence-corrected chi connectivity index (χ3v) is 6.33. The summed E-state index contributed by atoms with van der Waals surface area (Å²) in [6, 6.07) is 9.07. The maximum Gasteiger partial charge on any atom is 0.257 e. The van der Waals surface area contributed by atoms with E-state index in [1.54, 1.807) is 37.3 Å². The van der Waals surface area contributed by atoms with E-state index in [1.165, 1.54) is 6.20 Å². The number of methoxy groups -OCH3 is 2. The lowest BCUT2D eigenvalue weighted by molar-refractivity contribution is -0.0133. The normalized spacial score (nSPS) is 14.1. The van der Waals surface area contributed by atoms with Gasteiger partial charge in [-0.1, -0.05) is 23.2 Å². The zero-order valence-corrected chi connectivity index (χ0v) is 21.7. The number of nitrogens with zero attached hydrogens (tertiary/aromatic N) is 3. The fourth-order valence-electron chi connectivity index (χ4n) is 4.16. The number of rotatable bonds is 8. The third kappa shape index (κ3) is 6.46. The molecular weight excluding hydrogens is 511 g/mol. The van der Waals surface area contributed by atoms with Crippen LogP contribution in [0.25, 0.3) is 0 Å². The number of anilines is 4. The fraction of sp³-hybridized carbons (Fsp3) is 0.360. The van der Waals surface area contributed by atoms with Crippen LogP contribution in [-0.2, 0) is 12.8 Å². The summed E-state index contributed by atoms with van der Waals surface area (Å²) in [5.41, 5.74) is 3.41. The summed E-state index contributed by atoms with van der Waals surface area (Å²) >= 11 is 12.5.